The zero-order valence-corrected chi connectivity index (χ0v) is 7.29. The molecule has 0 atom stereocenters. The van der Waals surface area contributed by atoms with Crippen molar-refractivity contribution in [1.29, 1.82) is 0 Å². The Bertz CT molecular complexity index is 185. The van der Waals surface area contributed by atoms with Crippen molar-refractivity contribution >= 4 is 6.02 Å². The summed E-state index contributed by atoms with van der Waals surface area (Å²) in [5, 5.41) is 0. The number of allylic oxidation sites excluding steroid dienone is 1. The molecule has 0 aliphatic heterocycles. The molecule has 0 unspecified atom stereocenters. The fraction of sp³-hybridized carbons (Fsp3) is 0.375. The minimum absolute atomic E-state index is 0.493. The van der Waals surface area contributed by atoms with Crippen molar-refractivity contribution in [3.8, 4) is 0 Å². The summed E-state index contributed by atoms with van der Waals surface area (Å²) in [4.78, 5) is 5.62. The predicted molar refractivity (Wildman–Crippen MR) is 47.2 cm³/mol. The maximum atomic E-state index is 4.96. The molecule has 0 aromatic heterocycles. The molecule has 0 bridgehead atoms. The summed E-state index contributed by atoms with van der Waals surface area (Å²) >= 11 is 0. The smallest absolute Gasteiger partial charge is 0.295 e. The second kappa shape index (κ2) is 4.55. The maximum absolute atomic E-state index is 4.96. The van der Waals surface area contributed by atoms with Gasteiger partial charge in [0.05, 0.1) is 7.11 Å². The molecule has 0 amide bonds. The molecule has 0 saturated heterocycles. The van der Waals surface area contributed by atoms with Crippen molar-refractivity contribution in [3.63, 3.8) is 0 Å². The second-order valence-electron chi connectivity index (χ2n) is 2.09. The van der Waals surface area contributed by atoms with Gasteiger partial charge in [-0.2, -0.15) is 0 Å². The number of rotatable bonds is 2. The first-order valence-electron chi connectivity index (χ1n) is 3.25. The van der Waals surface area contributed by atoms with Crippen molar-refractivity contribution in [2.75, 3.05) is 14.2 Å². The van der Waals surface area contributed by atoms with Crippen LogP contribution in [0.2, 0.25) is 0 Å². The highest BCUT2D eigenvalue weighted by molar-refractivity contribution is 5.75. The molecule has 11 heavy (non-hydrogen) atoms. The Morgan fingerprint density at radius 3 is 2.45 bits per heavy atom. The third kappa shape index (κ3) is 2.89. The fourth-order valence-corrected chi connectivity index (χ4v) is 0.518. The Morgan fingerprint density at radius 2 is 2.18 bits per heavy atom. The zero-order chi connectivity index (χ0) is 8.85. The van der Waals surface area contributed by atoms with Crippen LogP contribution in [-0.2, 0) is 4.74 Å². The van der Waals surface area contributed by atoms with Crippen LogP contribution in [0.4, 0.5) is 0 Å². The van der Waals surface area contributed by atoms with Gasteiger partial charge in [-0.25, -0.2) is 4.99 Å². The molecular weight excluding hydrogens is 140 g/mol. The molecule has 0 aromatic rings. The molecule has 3 nitrogen and oxygen atoms in total. The number of aliphatic imine (C=N–C) groups is 1. The van der Waals surface area contributed by atoms with Crippen LogP contribution in [0.25, 0.3) is 0 Å². The second-order valence-corrected chi connectivity index (χ2v) is 2.09. The number of methoxy groups -OCH3 is 1. The summed E-state index contributed by atoms with van der Waals surface area (Å²) < 4.78 is 4.96. The van der Waals surface area contributed by atoms with Gasteiger partial charge in [-0.1, -0.05) is 13.2 Å². The van der Waals surface area contributed by atoms with Gasteiger partial charge in [-0.05, 0) is 6.92 Å². The first-order chi connectivity index (χ1) is 5.13. The van der Waals surface area contributed by atoms with Crippen molar-refractivity contribution in [1.82, 2.24) is 4.90 Å². The molecule has 0 rings (SSSR count). The molecule has 0 saturated carbocycles. The van der Waals surface area contributed by atoms with Crippen molar-refractivity contribution in [3.05, 3.63) is 25.1 Å². The molecule has 0 aromatic carbocycles. The zero-order valence-electron chi connectivity index (χ0n) is 7.29. The predicted octanol–water partition coefficient (Wildman–Crippen LogP) is 1.60. The van der Waals surface area contributed by atoms with Crippen LogP contribution in [0.3, 0.4) is 0 Å². The van der Waals surface area contributed by atoms with E-state index in [1.54, 1.807) is 12.0 Å². The van der Waals surface area contributed by atoms with Crippen LogP contribution in [0, 0.1) is 0 Å². The van der Waals surface area contributed by atoms with Crippen molar-refractivity contribution < 1.29 is 4.74 Å². The van der Waals surface area contributed by atoms with Crippen LogP contribution in [0.1, 0.15) is 6.92 Å². The van der Waals surface area contributed by atoms with E-state index < -0.39 is 0 Å². The summed E-state index contributed by atoms with van der Waals surface area (Å²) in [6.07, 6.45) is 1.43. The van der Waals surface area contributed by atoms with E-state index in [-0.39, 0.29) is 0 Å². The van der Waals surface area contributed by atoms with Gasteiger partial charge < -0.3 is 9.64 Å². The third-order valence-electron chi connectivity index (χ3n) is 1.24. The van der Waals surface area contributed by atoms with Gasteiger partial charge in [0, 0.05) is 18.9 Å². The van der Waals surface area contributed by atoms with Gasteiger partial charge in [-0.15, -0.1) is 0 Å². The largest absolute Gasteiger partial charge is 0.468 e. The Labute approximate surface area is 67.7 Å². The lowest BCUT2D eigenvalue weighted by Gasteiger charge is -2.18. The number of hydrogen-bond donors (Lipinski definition) is 0. The number of ether oxygens (including phenoxy) is 1. The van der Waals surface area contributed by atoms with Gasteiger partial charge in [0.1, 0.15) is 0 Å². The average Bonchev–Trinajstić information content (AvgIpc) is 1.98. The topological polar surface area (TPSA) is 24.8 Å². The minimum atomic E-state index is 0.493. The molecule has 0 N–H and O–H groups in total. The number of amidine groups is 1. The lowest BCUT2D eigenvalue weighted by Crippen LogP contribution is -2.25. The molecule has 62 valence electrons. The highest BCUT2D eigenvalue weighted by Crippen LogP contribution is 1.98. The van der Waals surface area contributed by atoms with Gasteiger partial charge >= 0.3 is 0 Å². The SMILES string of the molecule is C=CN=C(OC)N(C)C(=C)C. The summed E-state index contributed by atoms with van der Waals surface area (Å²) in [5.74, 6) is 0. The first-order valence-corrected chi connectivity index (χ1v) is 3.25. The highest BCUT2D eigenvalue weighted by Gasteiger charge is 2.04. The van der Waals surface area contributed by atoms with E-state index in [0.717, 1.165) is 5.70 Å². The third-order valence-corrected chi connectivity index (χ3v) is 1.24. The first kappa shape index (κ1) is 9.75. The van der Waals surface area contributed by atoms with Crippen molar-refractivity contribution in [2.24, 2.45) is 4.99 Å². The van der Waals surface area contributed by atoms with Crippen molar-refractivity contribution in [2.45, 2.75) is 6.92 Å². The quantitative estimate of drug-likeness (QED) is 0.446. The van der Waals surface area contributed by atoms with Gasteiger partial charge in [-0.3, -0.25) is 0 Å². The minimum Gasteiger partial charge on any atom is -0.468 e. The van der Waals surface area contributed by atoms with Crippen LogP contribution in [-0.4, -0.2) is 25.1 Å². The van der Waals surface area contributed by atoms with E-state index in [4.69, 9.17) is 4.74 Å². The summed E-state index contributed by atoms with van der Waals surface area (Å²) in [6, 6.07) is 0.493. The van der Waals surface area contributed by atoms with E-state index in [0.29, 0.717) is 6.02 Å². The highest BCUT2D eigenvalue weighted by atomic mass is 16.5. The monoisotopic (exact) mass is 154 g/mol. The van der Waals surface area contributed by atoms with Crippen LogP contribution in [0.5, 0.6) is 0 Å². The molecule has 0 heterocycles. The Morgan fingerprint density at radius 1 is 1.64 bits per heavy atom. The van der Waals surface area contributed by atoms with E-state index >= 15 is 0 Å². The molecule has 0 aliphatic rings. The molecule has 0 fully saturated rings. The Kier molecular flexibility index (Phi) is 4.03. The number of hydrogen-bond acceptors (Lipinski definition) is 2. The van der Waals surface area contributed by atoms with E-state index in [1.165, 1.54) is 6.20 Å². The molecule has 3 heteroatoms. The standard InChI is InChI=1S/C8H14N2O/c1-6-9-8(11-5)10(4)7(2)3/h6H,1-2H2,3-5H3. The van der Waals surface area contributed by atoms with Crippen LogP contribution >= 0.6 is 0 Å². The maximum Gasteiger partial charge on any atom is 0.295 e. The van der Waals surface area contributed by atoms with Crippen LogP contribution < -0.4 is 0 Å². The lowest BCUT2D eigenvalue weighted by atomic mass is 10.5. The van der Waals surface area contributed by atoms with E-state index in [9.17, 15) is 0 Å². The fourth-order valence-electron chi connectivity index (χ4n) is 0.518. The van der Waals surface area contributed by atoms with Gasteiger partial charge in [0.15, 0.2) is 0 Å². The van der Waals surface area contributed by atoms with E-state index in [2.05, 4.69) is 18.2 Å². The van der Waals surface area contributed by atoms with Gasteiger partial charge in [0.2, 0.25) is 0 Å². The number of nitrogens with zero attached hydrogens (tertiary/aromatic N) is 2. The molecule has 0 radical (unpaired) electrons. The van der Waals surface area contributed by atoms with Crippen LogP contribution in [0.15, 0.2) is 30.0 Å². The molecular formula is C8H14N2O. The Balaban J connectivity index is 4.37. The Hall–Kier alpha value is -1.25. The summed E-state index contributed by atoms with van der Waals surface area (Å²) in [7, 11) is 3.38. The molecule has 0 aliphatic carbocycles. The van der Waals surface area contributed by atoms with Gasteiger partial charge in [0.25, 0.3) is 6.02 Å². The lowest BCUT2D eigenvalue weighted by molar-refractivity contribution is 0.335. The van der Waals surface area contributed by atoms with E-state index in [1.807, 2.05) is 14.0 Å². The average molecular weight is 154 g/mol. The summed E-state index contributed by atoms with van der Waals surface area (Å²) in [5.41, 5.74) is 0.868. The normalized spacial score (nSPS) is 10.6. The summed E-state index contributed by atoms with van der Waals surface area (Å²) in [6.45, 7) is 9.08. The molecule has 0 spiro atoms.